The summed E-state index contributed by atoms with van der Waals surface area (Å²) in [5, 5.41) is 18.7. The highest BCUT2D eigenvalue weighted by molar-refractivity contribution is 7.13. The smallest absolute Gasteiger partial charge is 0.253 e. The number of carbonyl (C=O) groups excluding carboxylic acids is 1. The van der Waals surface area contributed by atoms with Gasteiger partial charge in [0.2, 0.25) is 0 Å². The van der Waals surface area contributed by atoms with Crippen LogP contribution in [0, 0.1) is 0 Å². The Morgan fingerprint density at radius 1 is 1.11 bits per heavy atom. The molecule has 8 heteroatoms. The lowest BCUT2D eigenvalue weighted by molar-refractivity contribution is 0.0951. The van der Waals surface area contributed by atoms with Crippen molar-refractivity contribution in [3.63, 3.8) is 0 Å². The average molecular weight is 374 g/mol. The Hall–Kier alpha value is -3.52. The van der Waals surface area contributed by atoms with Crippen molar-refractivity contribution in [3.8, 4) is 10.6 Å². The lowest BCUT2D eigenvalue weighted by Crippen LogP contribution is -2.24. The van der Waals surface area contributed by atoms with Crippen molar-refractivity contribution in [2.75, 3.05) is 0 Å². The van der Waals surface area contributed by atoms with Gasteiger partial charge in [-0.2, -0.15) is 9.61 Å². The van der Waals surface area contributed by atoms with Crippen molar-refractivity contribution < 1.29 is 4.79 Å². The van der Waals surface area contributed by atoms with Gasteiger partial charge in [0.1, 0.15) is 5.69 Å². The van der Waals surface area contributed by atoms with Crippen LogP contribution in [0.25, 0.3) is 27.1 Å². The number of hydrogen-bond donors (Lipinski definition) is 2. The number of para-hydroxylation sites is 1. The highest BCUT2D eigenvalue weighted by Crippen LogP contribution is 2.22. The molecule has 132 valence electrons. The van der Waals surface area contributed by atoms with Crippen molar-refractivity contribution in [1.29, 1.82) is 0 Å². The maximum atomic E-state index is 12.6. The second-order valence-electron chi connectivity index (χ2n) is 6.01. The topological polar surface area (TPSA) is 88.0 Å². The number of H-pyrrole nitrogens is 1. The van der Waals surface area contributed by atoms with Gasteiger partial charge in [0.05, 0.1) is 17.0 Å². The first-order valence-corrected chi connectivity index (χ1v) is 9.27. The molecule has 0 fully saturated rings. The van der Waals surface area contributed by atoms with E-state index in [1.807, 2.05) is 53.9 Å². The lowest BCUT2D eigenvalue weighted by atomic mass is 10.1. The van der Waals surface area contributed by atoms with Gasteiger partial charge in [-0.1, -0.05) is 24.3 Å². The van der Waals surface area contributed by atoms with Crippen molar-refractivity contribution in [1.82, 2.24) is 30.1 Å². The van der Waals surface area contributed by atoms with Gasteiger partial charge in [-0.25, -0.2) is 0 Å². The summed E-state index contributed by atoms with van der Waals surface area (Å²) < 4.78 is 1.67. The van der Waals surface area contributed by atoms with Crippen LogP contribution in [-0.2, 0) is 6.54 Å². The average Bonchev–Trinajstić information content (AvgIpc) is 3.45. The molecule has 0 bridgehead atoms. The third kappa shape index (κ3) is 2.76. The molecule has 5 aromatic rings. The third-order valence-corrected chi connectivity index (χ3v) is 5.23. The van der Waals surface area contributed by atoms with Gasteiger partial charge in [-0.3, -0.25) is 4.79 Å². The molecule has 0 atom stereocenters. The summed E-state index contributed by atoms with van der Waals surface area (Å²) in [7, 11) is 0. The van der Waals surface area contributed by atoms with Gasteiger partial charge in [-0.15, -0.1) is 21.5 Å². The Morgan fingerprint density at radius 2 is 2.04 bits per heavy atom. The SMILES string of the molecule is O=C(NCc1nnc2ccc(-c3cccs3)nn12)c1c[nH]c2ccccc12. The fourth-order valence-electron chi connectivity index (χ4n) is 3.01. The Kier molecular flexibility index (Phi) is 3.68. The predicted octanol–water partition coefficient (Wildman–Crippen LogP) is 3.26. The molecule has 1 aromatic carbocycles. The van der Waals surface area contributed by atoms with E-state index in [2.05, 4.69) is 25.6 Å². The van der Waals surface area contributed by atoms with E-state index in [0.29, 0.717) is 17.0 Å². The van der Waals surface area contributed by atoms with Crippen LogP contribution in [0.1, 0.15) is 16.2 Å². The second-order valence-corrected chi connectivity index (χ2v) is 6.96. The van der Waals surface area contributed by atoms with Crippen molar-refractivity contribution in [2.45, 2.75) is 6.54 Å². The zero-order valence-electron chi connectivity index (χ0n) is 14.1. The Bertz CT molecular complexity index is 1250. The molecular weight excluding hydrogens is 360 g/mol. The number of carbonyl (C=O) groups is 1. The molecule has 0 unspecified atom stereocenters. The van der Waals surface area contributed by atoms with E-state index in [1.165, 1.54) is 0 Å². The van der Waals surface area contributed by atoms with Crippen LogP contribution in [0.3, 0.4) is 0 Å². The number of nitrogens with one attached hydrogen (secondary N) is 2. The summed E-state index contributed by atoms with van der Waals surface area (Å²) in [6, 6.07) is 15.5. The second kappa shape index (κ2) is 6.33. The normalized spacial score (nSPS) is 11.3. The summed E-state index contributed by atoms with van der Waals surface area (Å²) in [5.41, 5.74) is 3.03. The number of aromatic nitrogens is 5. The lowest BCUT2D eigenvalue weighted by Gasteiger charge is -2.04. The molecule has 2 N–H and O–H groups in total. The fraction of sp³-hybridized carbons (Fsp3) is 0.0526. The quantitative estimate of drug-likeness (QED) is 0.505. The standard InChI is InChI=1S/C19H14N6OS/c26-19(13-10-20-14-5-2-1-4-12(13)14)21-11-18-23-22-17-8-7-15(24-25(17)18)16-6-3-9-27-16/h1-10,20H,11H2,(H,21,26). The van der Waals surface area contributed by atoms with E-state index in [9.17, 15) is 4.79 Å². The molecule has 4 heterocycles. The Labute approximate surface area is 157 Å². The Balaban J connectivity index is 1.41. The molecule has 1 amide bonds. The Morgan fingerprint density at radius 3 is 2.93 bits per heavy atom. The summed E-state index contributed by atoms with van der Waals surface area (Å²) >= 11 is 1.62. The van der Waals surface area contributed by atoms with E-state index >= 15 is 0 Å². The molecule has 7 nitrogen and oxygen atoms in total. The maximum absolute atomic E-state index is 12.6. The number of amides is 1. The number of aromatic amines is 1. The molecule has 0 aliphatic rings. The van der Waals surface area contributed by atoms with Gasteiger partial charge < -0.3 is 10.3 Å². The highest BCUT2D eigenvalue weighted by Gasteiger charge is 2.14. The van der Waals surface area contributed by atoms with E-state index in [-0.39, 0.29) is 12.5 Å². The van der Waals surface area contributed by atoms with Crippen LogP contribution in [0.15, 0.2) is 60.1 Å². The number of rotatable bonds is 4. The van der Waals surface area contributed by atoms with Crippen LogP contribution >= 0.6 is 11.3 Å². The minimum Gasteiger partial charge on any atom is -0.360 e. The van der Waals surface area contributed by atoms with Crippen LogP contribution in [0.2, 0.25) is 0 Å². The number of nitrogens with zero attached hydrogens (tertiary/aromatic N) is 4. The molecule has 0 spiro atoms. The zero-order chi connectivity index (χ0) is 18.2. The maximum Gasteiger partial charge on any atom is 0.253 e. The summed E-state index contributed by atoms with van der Waals surface area (Å²) in [5.74, 6) is 0.412. The summed E-state index contributed by atoms with van der Waals surface area (Å²) in [4.78, 5) is 16.8. The minimum absolute atomic E-state index is 0.168. The number of thiophene rings is 1. The molecule has 0 saturated heterocycles. The van der Waals surface area contributed by atoms with Gasteiger partial charge in [-0.05, 0) is 29.6 Å². The van der Waals surface area contributed by atoms with Crippen LogP contribution in [0.5, 0.6) is 0 Å². The van der Waals surface area contributed by atoms with Crippen LogP contribution < -0.4 is 5.32 Å². The van der Waals surface area contributed by atoms with Crippen LogP contribution in [0.4, 0.5) is 0 Å². The molecule has 4 aromatic heterocycles. The number of hydrogen-bond acceptors (Lipinski definition) is 5. The van der Waals surface area contributed by atoms with Gasteiger partial charge in [0, 0.05) is 17.1 Å². The molecule has 0 aliphatic carbocycles. The van der Waals surface area contributed by atoms with E-state index in [0.717, 1.165) is 21.5 Å². The molecule has 0 radical (unpaired) electrons. The van der Waals surface area contributed by atoms with E-state index in [4.69, 9.17) is 0 Å². The summed E-state index contributed by atoms with van der Waals surface area (Å²) in [6.07, 6.45) is 1.72. The first kappa shape index (κ1) is 15.7. The molecule has 0 saturated carbocycles. The largest absolute Gasteiger partial charge is 0.360 e. The van der Waals surface area contributed by atoms with E-state index in [1.54, 1.807) is 22.0 Å². The molecule has 5 rings (SSSR count). The minimum atomic E-state index is -0.168. The molecule has 0 aliphatic heterocycles. The van der Waals surface area contributed by atoms with Gasteiger partial charge in [0.25, 0.3) is 5.91 Å². The summed E-state index contributed by atoms with van der Waals surface area (Å²) in [6.45, 7) is 0.237. The van der Waals surface area contributed by atoms with Crippen molar-refractivity contribution in [2.24, 2.45) is 0 Å². The highest BCUT2D eigenvalue weighted by atomic mass is 32.1. The first-order chi connectivity index (χ1) is 13.3. The monoisotopic (exact) mass is 374 g/mol. The first-order valence-electron chi connectivity index (χ1n) is 8.39. The van der Waals surface area contributed by atoms with Gasteiger partial charge in [0.15, 0.2) is 11.5 Å². The zero-order valence-corrected chi connectivity index (χ0v) is 14.9. The van der Waals surface area contributed by atoms with Crippen molar-refractivity contribution >= 4 is 33.8 Å². The van der Waals surface area contributed by atoms with Gasteiger partial charge >= 0.3 is 0 Å². The predicted molar refractivity (Wildman–Crippen MR) is 104 cm³/mol. The molecule has 27 heavy (non-hydrogen) atoms. The molecular formula is C19H14N6OS. The van der Waals surface area contributed by atoms with Crippen molar-refractivity contribution in [3.05, 3.63) is 71.5 Å². The van der Waals surface area contributed by atoms with E-state index < -0.39 is 0 Å². The van der Waals surface area contributed by atoms with Crippen LogP contribution in [-0.4, -0.2) is 30.7 Å². The number of fused-ring (bicyclic) bond motifs is 2. The fourth-order valence-corrected chi connectivity index (χ4v) is 3.70. The third-order valence-electron chi connectivity index (χ3n) is 4.34. The number of benzene rings is 1.